The van der Waals surface area contributed by atoms with E-state index in [4.69, 9.17) is 9.15 Å². The van der Waals surface area contributed by atoms with Gasteiger partial charge in [0.1, 0.15) is 11.3 Å². The number of rotatable bonds is 4. The summed E-state index contributed by atoms with van der Waals surface area (Å²) in [4.78, 5) is 17.1. The molecule has 1 amide bonds. The van der Waals surface area contributed by atoms with Gasteiger partial charge in [0.05, 0.1) is 12.5 Å². The van der Waals surface area contributed by atoms with E-state index >= 15 is 0 Å². The predicted octanol–water partition coefficient (Wildman–Crippen LogP) is 3.37. The van der Waals surface area contributed by atoms with Crippen molar-refractivity contribution in [3.05, 3.63) is 28.4 Å². The molecule has 0 bridgehead atoms. The first-order chi connectivity index (χ1) is 11.1. The van der Waals surface area contributed by atoms with E-state index in [2.05, 4.69) is 27.8 Å². The number of carbonyl (C=O) groups excluding carboxylic acids is 1. The highest BCUT2D eigenvalue weighted by Gasteiger charge is 2.23. The number of piperazine rings is 1. The molecule has 1 aromatic heterocycles. The standard InChI is InChI=1S/C17H21BrN2O3/c1-3-4-19-5-7-20(8-6-19)17(21)12-9-14(22-2)13-11-16(18)23-15(13)10-12/h9-11H,3-8H2,1-2H3. The highest BCUT2D eigenvalue weighted by atomic mass is 79.9. The molecular formula is C17H21BrN2O3. The smallest absolute Gasteiger partial charge is 0.254 e. The first-order valence-electron chi connectivity index (χ1n) is 7.91. The fourth-order valence-corrected chi connectivity index (χ4v) is 3.44. The third kappa shape index (κ3) is 3.38. The Morgan fingerprint density at radius 3 is 2.65 bits per heavy atom. The van der Waals surface area contributed by atoms with Crippen LogP contribution in [0.2, 0.25) is 0 Å². The molecule has 6 heteroatoms. The van der Waals surface area contributed by atoms with E-state index in [0.29, 0.717) is 21.6 Å². The zero-order valence-electron chi connectivity index (χ0n) is 13.5. The molecule has 1 aromatic carbocycles. The predicted molar refractivity (Wildman–Crippen MR) is 93.1 cm³/mol. The van der Waals surface area contributed by atoms with Crippen LogP contribution in [0.4, 0.5) is 0 Å². The van der Waals surface area contributed by atoms with Crippen molar-refractivity contribution in [1.82, 2.24) is 9.80 Å². The molecule has 3 rings (SSSR count). The van der Waals surface area contributed by atoms with Crippen LogP contribution in [0.3, 0.4) is 0 Å². The Bertz CT molecular complexity index is 705. The Labute approximate surface area is 144 Å². The minimum Gasteiger partial charge on any atom is -0.496 e. The molecule has 2 aromatic rings. The average Bonchev–Trinajstić information content (AvgIpc) is 2.94. The number of nitrogens with zero attached hydrogens (tertiary/aromatic N) is 2. The second kappa shape index (κ2) is 6.93. The van der Waals surface area contributed by atoms with Gasteiger partial charge in [-0.1, -0.05) is 6.92 Å². The summed E-state index contributed by atoms with van der Waals surface area (Å²) in [7, 11) is 1.60. The van der Waals surface area contributed by atoms with Gasteiger partial charge in [0.25, 0.3) is 5.91 Å². The number of fused-ring (bicyclic) bond motifs is 1. The summed E-state index contributed by atoms with van der Waals surface area (Å²) in [6, 6.07) is 5.44. The van der Waals surface area contributed by atoms with Gasteiger partial charge in [0.2, 0.25) is 0 Å². The van der Waals surface area contributed by atoms with Gasteiger partial charge in [0.15, 0.2) is 4.67 Å². The molecule has 23 heavy (non-hydrogen) atoms. The summed E-state index contributed by atoms with van der Waals surface area (Å²) in [5, 5.41) is 0.865. The molecule has 0 radical (unpaired) electrons. The summed E-state index contributed by atoms with van der Waals surface area (Å²) in [5.74, 6) is 0.693. The first-order valence-corrected chi connectivity index (χ1v) is 8.70. The van der Waals surface area contributed by atoms with E-state index in [0.717, 1.165) is 44.5 Å². The van der Waals surface area contributed by atoms with Crippen LogP contribution in [-0.4, -0.2) is 55.5 Å². The Hall–Kier alpha value is -1.53. The SMILES string of the molecule is CCCN1CCN(C(=O)c2cc(OC)c3cc(Br)oc3c2)CC1. The highest BCUT2D eigenvalue weighted by Crippen LogP contribution is 2.32. The van der Waals surface area contributed by atoms with Crippen LogP contribution in [-0.2, 0) is 0 Å². The van der Waals surface area contributed by atoms with Crippen molar-refractivity contribution in [1.29, 1.82) is 0 Å². The van der Waals surface area contributed by atoms with Crippen LogP contribution >= 0.6 is 15.9 Å². The van der Waals surface area contributed by atoms with Gasteiger partial charge in [-0.25, -0.2) is 0 Å². The molecule has 1 aliphatic heterocycles. The third-order valence-electron chi connectivity index (χ3n) is 4.24. The molecule has 0 N–H and O–H groups in total. The third-order valence-corrected chi connectivity index (χ3v) is 4.63. The van der Waals surface area contributed by atoms with Gasteiger partial charge in [-0.3, -0.25) is 9.69 Å². The molecule has 1 fully saturated rings. The fraction of sp³-hybridized carbons (Fsp3) is 0.471. The van der Waals surface area contributed by atoms with Gasteiger partial charge in [-0.15, -0.1) is 0 Å². The molecule has 2 heterocycles. The number of hydrogen-bond donors (Lipinski definition) is 0. The lowest BCUT2D eigenvalue weighted by molar-refractivity contribution is 0.0637. The number of halogens is 1. The van der Waals surface area contributed by atoms with Crippen molar-refractivity contribution >= 4 is 32.8 Å². The molecule has 5 nitrogen and oxygen atoms in total. The van der Waals surface area contributed by atoms with Gasteiger partial charge >= 0.3 is 0 Å². The Morgan fingerprint density at radius 1 is 1.26 bits per heavy atom. The van der Waals surface area contributed by atoms with Crippen molar-refractivity contribution < 1.29 is 13.9 Å². The van der Waals surface area contributed by atoms with Crippen LogP contribution in [0.15, 0.2) is 27.3 Å². The maximum Gasteiger partial charge on any atom is 0.254 e. The van der Waals surface area contributed by atoms with E-state index in [9.17, 15) is 4.79 Å². The van der Waals surface area contributed by atoms with Crippen LogP contribution in [0.25, 0.3) is 11.0 Å². The topological polar surface area (TPSA) is 45.9 Å². The molecule has 0 aliphatic carbocycles. The molecular weight excluding hydrogens is 360 g/mol. The first kappa shape index (κ1) is 16.3. The monoisotopic (exact) mass is 380 g/mol. The second-order valence-corrected chi connectivity index (χ2v) is 6.56. The largest absolute Gasteiger partial charge is 0.496 e. The van der Waals surface area contributed by atoms with Crippen LogP contribution < -0.4 is 4.74 Å². The van der Waals surface area contributed by atoms with Gasteiger partial charge in [-0.2, -0.15) is 0 Å². The van der Waals surface area contributed by atoms with Gasteiger partial charge in [0, 0.05) is 37.8 Å². The Balaban J connectivity index is 1.81. The van der Waals surface area contributed by atoms with Crippen molar-refractivity contribution in [2.45, 2.75) is 13.3 Å². The van der Waals surface area contributed by atoms with E-state index < -0.39 is 0 Å². The van der Waals surface area contributed by atoms with Crippen molar-refractivity contribution in [3.63, 3.8) is 0 Å². The molecule has 0 atom stereocenters. The van der Waals surface area contributed by atoms with Crippen molar-refractivity contribution in [2.24, 2.45) is 0 Å². The lowest BCUT2D eigenvalue weighted by Crippen LogP contribution is -2.48. The fourth-order valence-electron chi connectivity index (χ4n) is 3.04. The number of benzene rings is 1. The molecule has 124 valence electrons. The lowest BCUT2D eigenvalue weighted by atomic mass is 10.1. The summed E-state index contributed by atoms with van der Waals surface area (Å²) >= 11 is 3.32. The van der Waals surface area contributed by atoms with E-state index in [-0.39, 0.29) is 5.91 Å². The van der Waals surface area contributed by atoms with Crippen LogP contribution in [0.1, 0.15) is 23.7 Å². The normalized spacial score (nSPS) is 16.0. The van der Waals surface area contributed by atoms with Crippen LogP contribution in [0, 0.1) is 0 Å². The number of amides is 1. The number of hydrogen-bond acceptors (Lipinski definition) is 4. The number of carbonyl (C=O) groups is 1. The zero-order chi connectivity index (χ0) is 16.4. The average molecular weight is 381 g/mol. The van der Waals surface area contributed by atoms with E-state index in [1.54, 1.807) is 19.2 Å². The maximum absolute atomic E-state index is 12.8. The highest BCUT2D eigenvalue weighted by molar-refractivity contribution is 9.10. The Kier molecular flexibility index (Phi) is 4.92. The van der Waals surface area contributed by atoms with Gasteiger partial charge in [-0.05, 0) is 41.0 Å². The summed E-state index contributed by atoms with van der Waals surface area (Å²) in [6.45, 7) is 6.68. The van der Waals surface area contributed by atoms with Gasteiger partial charge < -0.3 is 14.1 Å². The quantitative estimate of drug-likeness (QED) is 0.815. The molecule has 1 saturated heterocycles. The van der Waals surface area contributed by atoms with Crippen molar-refractivity contribution in [2.75, 3.05) is 39.8 Å². The number of ether oxygens (including phenoxy) is 1. The summed E-state index contributed by atoms with van der Waals surface area (Å²) in [5.41, 5.74) is 1.27. The molecule has 1 aliphatic rings. The van der Waals surface area contributed by atoms with Crippen molar-refractivity contribution in [3.8, 4) is 5.75 Å². The van der Waals surface area contributed by atoms with E-state index in [1.807, 2.05) is 11.0 Å². The zero-order valence-corrected chi connectivity index (χ0v) is 15.1. The second-order valence-electron chi connectivity index (χ2n) is 5.77. The Morgan fingerprint density at radius 2 is 2.00 bits per heavy atom. The molecule has 0 spiro atoms. The number of furan rings is 1. The lowest BCUT2D eigenvalue weighted by Gasteiger charge is -2.34. The minimum atomic E-state index is 0.0360. The minimum absolute atomic E-state index is 0.0360. The molecule has 0 saturated carbocycles. The molecule has 0 unspecified atom stereocenters. The maximum atomic E-state index is 12.8. The summed E-state index contributed by atoms with van der Waals surface area (Å²) in [6.07, 6.45) is 1.15. The number of methoxy groups -OCH3 is 1. The van der Waals surface area contributed by atoms with E-state index in [1.165, 1.54) is 0 Å². The summed E-state index contributed by atoms with van der Waals surface area (Å²) < 4.78 is 11.6. The van der Waals surface area contributed by atoms with Crippen LogP contribution in [0.5, 0.6) is 5.75 Å².